The number of phosphoric acid groups is 1. The predicted molar refractivity (Wildman–Crippen MR) is 84.2 cm³/mol. The predicted octanol–water partition coefficient (Wildman–Crippen LogP) is 0.544. The molecular formula is C14H29O9P. The van der Waals surface area contributed by atoms with Gasteiger partial charge in [0.25, 0.3) is 0 Å². The molecule has 0 radical (unpaired) electrons. The first-order valence-electron chi connectivity index (χ1n) is 8.26. The highest BCUT2D eigenvalue weighted by molar-refractivity contribution is 7.48. The Morgan fingerprint density at radius 3 is 1.96 bits per heavy atom. The fourth-order valence-corrected chi connectivity index (χ4v) is 3.35. The van der Waals surface area contributed by atoms with Crippen LogP contribution in [0.1, 0.15) is 39.5 Å². The first kappa shape index (κ1) is 22.0. The summed E-state index contributed by atoms with van der Waals surface area (Å²) in [7, 11) is -4.03. The van der Waals surface area contributed by atoms with E-state index in [4.69, 9.17) is 23.4 Å². The summed E-state index contributed by atoms with van der Waals surface area (Å²) in [4.78, 5) is 0. The van der Waals surface area contributed by atoms with Gasteiger partial charge in [-0.3, -0.25) is 13.6 Å². The second-order valence-corrected chi connectivity index (χ2v) is 7.25. The smallest absolute Gasteiger partial charge is 0.394 e. The highest BCUT2D eigenvalue weighted by Crippen LogP contribution is 2.52. The third kappa shape index (κ3) is 6.33. The second-order valence-electron chi connectivity index (χ2n) is 5.62. The van der Waals surface area contributed by atoms with Crippen molar-refractivity contribution < 1.29 is 43.3 Å². The van der Waals surface area contributed by atoms with Crippen molar-refractivity contribution in [3.05, 3.63) is 0 Å². The van der Waals surface area contributed by atoms with Crippen molar-refractivity contribution in [3.8, 4) is 0 Å². The van der Waals surface area contributed by atoms with Gasteiger partial charge in [0, 0.05) is 0 Å². The van der Waals surface area contributed by atoms with E-state index in [1.54, 1.807) is 0 Å². The van der Waals surface area contributed by atoms with Gasteiger partial charge in [0.15, 0.2) is 6.29 Å². The first-order chi connectivity index (χ1) is 11.4. The molecule has 1 aliphatic heterocycles. The van der Waals surface area contributed by atoms with Crippen LogP contribution in [0.15, 0.2) is 0 Å². The summed E-state index contributed by atoms with van der Waals surface area (Å²) in [6.07, 6.45) is -4.63. The minimum absolute atomic E-state index is 0.136. The maximum Gasteiger partial charge on any atom is 0.477 e. The van der Waals surface area contributed by atoms with Gasteiger partial charge in [-0.05, 0) is 12.8 Å². The summed E-state index contributed by atoms with van der Waals surface area (Å²) in [5, 5.41) is 38.6. The number of aliphatic hydroxyl groups excluding tert-OH is 4. The van der Waals surface area contributed by atoms with Crippen molar-refractivity contribution in [2.45, 2.75) is 70.2 Å². The monoisotopic (exact) mass is 372 g/mol. The van der Waals surface area contributed by atoms with E-state index in [2.05, 4.69) is 0 Å². The zero-order valence-corrected chi connectivity index (χ0v) is 15.0. The molecule has 0 aromatic carbocycles. The van der Waals surface area contributed by atoms with E-state index in [1.165, 1.54) is 0 Å². The molecule has 0 aromatic heterocycles. The number of ether oxygens (including phenoxy) is 1. The molecule has 10 heteroatoms. The molecule has 24 heavy (non-hydrogen) atoms. The number of hydrogen-bond acceptors (Lipinski definition) is 9. The quantitative estimate of drug-likeness (QED) is 0.303. The Labute approximate surface area is 142 Å². The van der Waals surface area contributed by atoms with Crippen molar-refractivity contribution >= 4 is 7.82 Å². The van der Waals surface area contributed by atoms with Crippen molar-refractivity contribution in [1.82, 2.24) is 0 Å². The van der Waals surface area contributed by atoms with Crippen LogP contribution >= 0.6 is 7.82 Å². The highest BCUT2D eigenvalue weighted by Gasteiger charge is 2.47. The molecule has 0 aromatic rings. The van der Waals surface area contributed by atoms with Crippen LogP contribution in [0.4, 0.5) is 0 Å². The first-order valence-corrected chi connectivity index (χ1v) is 9.72. The van der Waals surface area contributed by atoms with Crippen molar-refractivity contribution in [2.24, 2.45) is 0 Å². The van der Waals surface area contributed by atoms with Crippen molar-refractivity contribution in [1.29, 1.82) is 0 Å². The van der Waals surface area contributed by atoms with Gasteiger partial charge in [0.2, 0.25) is 0 Å². The van der Waals surface area contributed by atoms with Gasteiger partial charge in [0.05, 0.1) is 19.8 Å². The number of unbranched alkanes of at least 4 members (excludes halogenated alkanes) is 2. The number of phosphoric ester groups is 1. The zero-order chi connectivity index (χ0) is 18.2. The largest absolute Gasteiger partial charge is 0.477 e. The van der Waals surface area contributed by atoms with Crippen LogP contribution in [0, 0.1) is 0 Å². The third-order valence-corrected chi connectivity index (χ3v) is 5.04. The Morgan fingerprint density at radius 1 is 0.958 bits per heavy atom. The molecule has 1 heterocycles. The lowest BCUT2D eigenvalue weighted by atomic mass is 10.00. The van der Waals surface area contributed by atoms with E-state index in [0.29, 0.717) is 12.8 Å². The number of rotatable bonds is 11. The Kier molecular flexibility index (Phi) is 9.88. The topological polar surface area (TPSA) is 135 Å². The summed E-state index contributed by atoms with van der Waals surface area (Å²) in [6, 6.07) is 0. The van der Waals surface area contributed by atoms with E-state index in [9.17, 15) is 19.9 Å². The van der Waals surface area contributed by atoms with Gasteiger partial charge >= 0.3 is 7.82 Å². The van der Waals surface area contributed by atoms with Crippen LogP contribution in [-0.4, -0.2) is 71.0 Å². The fourth-order valence-electron chi connectivity index (χ4n) is 2.02. The average molecular weight is 372 g/mol. The van der Waals surface area contributed by atoms with Crippen LogP contribution in [0.5, 0.6) is 0 Å². The minimum Gasteiger partial charge on any atom is -0.394 e. The summed E-state index contributed by atoms with van der Waals surface area (Å²) < 4.78 is 33.5. The van der Waals surface area contributed by atoms with Gasteiger partial charge in [-0.15, -0.1) is 0 Å². The summed E-state index contributed by atoms with van der Waals surface area (Å²) in [6.45, 7) is 3.53. The lowest BCUT2D eigenvalue weighted by molar-refractivity contribution is -0.281. The van der Waals surface area contributed by atoms with E-state index >= 15 is 0 Å². The van der Waals surface area contributed by atoms with Crippen LogP contribution in [0.2, 0.25) is 0 Å². The van der Waals surface area contributed by atoms with E-state index in [0.717, 1.165) is 12.8 Å². The Hall–Kier alpha value is -0.0900. The summed E-state index contributed by atoms with van der Waals surface area (Å²) in [5.41, 5.74) is 0. The van der Waals surface area contributed by atoms with Crippen LogP contribution in [-0.2, 0) is 22.9 Å². The van der Waals surface area contributed by atoms with Gasteiger partial charge in [0.1, 0.15) is 24.4 Å². The molecule has 0 aliphatic carbocycles. The molecule has 4 N–H and O–H groups in total. The third-order valence-electron chi connectivity index (χ3n) is 3.58. The Bertz CT molecular complexity index is 378. The molecule has 0 unspecified atom stereocenters. The molecule has 0 bridgehead atoms. The molecule has 144 valence electrons. The molecule has 1 fully saturated rings. The minimum atomic E-state index is -4.03. The molecule has 0 spiro atoms. The van der Waals surface area contributed by atoms with Gasteiger partial charge in [-0.1, -0.05) is 26.7 Å². The SMILES string of the molecule is CCCCOP(=O)(OCCCC)O[C@@H]1O[C@H](CO)[C@H](O)[C@H](O)[C@H]1O. The molecule has 5 atom stereocenters. The summed E-state index contributed by atoms with van der Waals surface area (Å²) in [5.74, 6) is 0. The molecule has 0 saturated carbocycles. The molecule has 1 saturated heterocycles. The summed E-state index contributed by atoms with van der Waals surface area (Å²) >= 11 is 0. The lowest BCUT2D eigenvalue weighted by Crippen LogP contribution is -2.59. The van der Waals surface area contributed by atoms with Gasteiger partial charge < -0.3 is 25.2 Å². The Morgan fingerprint density at radius 2 is 1.50 bits per heavy atom. The molecule has 9 nitrogen and oxygen atoms in total. The van der Waals surface area contributed by atoms with Gasteiger partial charge in [-0.25, -0.2) is 4.57 Å². The van der Waals surface area contributed by atoms with Crippen LogP contribution in [0.3, 0.4) is 0 Å². The average Bonchev–Trinajstić information content (AvgIpc) is 2.56. The number of hydrogen-bond donors (Lipinski definition) is 4. The Balaban J connectivity index is 2.76. The lowest BCUT2D eigenvalue weighted by Gasteiger charge is -2.40. The van der Waals surface area contributed by atoms with Gasteiger partial charge in [-0.2, -0.15) is 0 Å². The standard InChI is InChI=1S/C14H29O9P/c1-3-5-7-20-24(19,21-8-6-4-2)23-14-13(18)12(17)11(16)10(9-15)22-14/h10-18H,3-9H2,1-2H3/t10-,11+,12+,13-,14+/m1/s1. The van der Waals surface area contributed by atoms with Crippen molar-refractivity contribution in [2.75, 3.05) is 19.8 Å². The molecule has 0 amide bonds. The molecule has 1 aliphatic rings. The van der Waals surface area contributed by atoms with Crippen molar-refractivity contribution in [3.63, 3.8) is 0 Å². The van der Waals surface area contributed by atoms with E-state index in [-0.39, 0.29) is 13.2 Å². The normalized spacial score (nSPS) is 31.3. The fraction of sp³-hybridized carbons (Fsp3) is 1.00. The maximum atomic E-state index is 12.7. The van der Waals surface area contributed by atoms with E-state index < -0.39 is 45.1 Å². The van der Waals surface area contributed by atoms with Crippen LogP contribution < -0.4 is 0 Å². The second kappa shape index (κ2) is 10.8. The molecule has 1 rings (SSSR count). The maximum absolute atomic E-state index is 12.7. The van der Waals surface area contributed by atoms with E-state index in [1.807, 2.05) is 13.8 Å². The number of aliphatic hydroxyl groups is 4. The molecular weight excluding hydrogens is 343 g/mol. The highest BCUT2D eigenvalue weighted by atomic mass is 31.2. The van der Waals surface area contributed by atoms with Crippen LogP contribution in [0.25, 0.3) is 0 Å². The zero-order valence-electron chi connectivity index (χ0n) is 14.1.